The maximum atomic E-state index is 11.9. The predicted octanol–water partition coefficient (Wildman–Crippen LogP) is 3.40. The summed E-state index contributed by atoms with van der Waals surface area (Å²) in [5.74, 6) is 0.532. The van der Waals surface area contributed by atoms with E-state index in [1.807, 2.05) is 43.3 Å². The number of anilines is 2. The van der Waals surface area contributed by atoms with Crippen molar-refractivity contribution in [1.29, 1.82) is 0 Å². The van der Waals surface area contributed by atoms with Gasteiger partial charge < -0.3 is 5.32 Å². The number of amides is 1. The SMILES string of the molecule is CCCC(=O)Nc1cccc(-n2ncc3c(N/N=C/c4ccncc4)ncnc32)c1. The summed E-state index contributed by atoms with van der Waals surface area (Å²) in [4.78, 5) is 24.5. The maximum absolute atomic E-state index is 11.9. The Balaban J connectivity index is 1.59. The summed E-state index contributed by atoms with van der Waals surface area (Å²) in [6.07, 6.45) is 9.51. The third-order valence-electron chi connectivity index (χ3n) is 4.31. The molecule has 0 spiro atoms. The minimum absolute atomic E-state index is 0.0131. The van der Waals surface area contributed by atoms with Crippen molar-refractivity contribution in [2.75, 3.05) is 10.7 Å². The van der Waals surface area contributed by atoms with Gasteiger partial charge in [0.05, 0.1) is 23.5 Å². The minimum Gasteiger partial charge on any atom is -0.326 e. The van der Waals surface area contributed by atoms with E-state index in [4.69, 9.17) is 0 Å². The molecule has 0 aliphatic rings. The van der Waals surface area contributed by atoms with Gasteiger partial charge in [0, 0.05) is 24.5 Å². The molecule has 1 amide bonds. The molecule has 0 saturated carbocycles. The number of hydrazone groups is 1. The van der Waals surface area contributed by atoms with E-state index in [0.29, 0.717) is 23.6 Å². The number of benzene rings is 1. The Bertz CT molecular complexity index is 1190. The molecule has 0 atom stereocenters. The number of rotatable bonds is 7. The second kappa shape index (κ2) is 8.91. The number of hydrogen-bond acceptors (Lipinski definition) is 7. The number of aromatic nitrogens is 5. The van der Waals surface area contributed by atoms with E-state index >= 15 is 0 Å². The molecule has 3 aromatic heterocycles. The molecule has 0 unspecified atom stereocenters. The van der Waals surface area contributed by atoms with Crippen LogP contribution in [0.3, 0.4) is 0 Å². The average molecular weight is 400 g/mol. The molecule has 1 aromatic carbocycles. The molecule has 150 valence electrons. The Kier molecular flexibility index (Phi) is 5.70. The van der Waals surface area contributed by atoms with Gasteiger partial charge in [-0.1, -0.05) is 13.0 Å². The van der Waals surface area contributed by atoms with Crippen LogP contribution in [0.15, 0.2) is 66.4 Å². The van der Waals surface area contributed by atoms with Crippen LogP contribution in [0.5, 0.6) is 0 Å². The Morgan fingerprint density at radius 1 is 1.20 bits per heavy atom. The molecular formula is C21H20N8O. The van der Waals surface area contributed by atoms with Crippen molar-refractivity contribution in [3.63, 3.8) is 0 Å². The van der Waals surface area contributed by atoms with Crippen molar-refractivity contribution in [2.24, 2.45) is 5.10 Å². The molecule has 0 saturated heterocycles. The van der Waals surface area contributed by atoms with Crippen molar-refractivity contribution in [1.82, 2.24) is 24.7 Å². The zero-order chi connectivity index (χ0) is 20.8. The summed E-state index contributed by atoms with van der Waals surface area (Å²) in [5.41, 5.74) is 5.98. The largest absolute Gasteiger partial charge is 0.326 e. The van der Waals surface area contributed by atoms with Gasteiger partial charge in [-0.3, -0.25) is 15.2 Å². The third-order valence-corrected chi connectivity index (χ3v) is 4.31. The van der Waals surface area contributed by atoms with Crippen LogP contribution in [0.1, 0.15) is 25.3 Å². The Morgan fingerprint density at radius 3 is 2.90 bits per heavy atom. The molecule has 9 nitrogen and oxygen atoms in total. The van der Waals surface area contributed by atoms with Crippen LogP contribution in [0.4, 0.5) is 11.5 Å². The van der Waals surface area contributed by atoms with Crippen LogP contribution < -0.4 is 10.7 Å². The molecule has 4 rings (SSSR count). The van der Waals surface area contributed by atoms with Crippen molar-refractivity contribution in [2.45, 2.75) is 19.8 Å². The van der Waals surface area contributed by atoms with Gasteiger partial charge in [0.15, 0.2) is 11.5 Å². The van der Waals surface area contributed by atoms with Crippen molar-refractivity contribution in [3.05, 3.63) is 66.9 Å². The van der Waals surface area contributed by atoms with Crippen molar-refractivity contribution >= 4 is 34.7 Å². The topological polar surface area (TPSA) is 110 Å². The van der Waals surface area contributed by atoms with E-state index in [-0.39, 0.29) is 5.91 Å². The number of carbonyl (C=O) groups excluding carboxylic acids is 1. The van der Waals surface area contributed by atoms with Gasteiger partial charge in [0.1, 0.15) is 6.33 Å². The number of fused-ring (bicyclic) bond motifs is 1. The summed E-state index contributed by atoms with van der Waals surface area (Å²) in [6, 6.07) is 11.2. The summed E-state index contributed by atoms with van der Waals surface area (Å²) >= 11 is 0. The number of nitrogens with zero attached hydrogens (tertiary/aromatic N) is 6. The fraction of sp³-hybridized carbons (Fsp3) is 0.143. The van der Waals surface area contributed by atoms with E-state index in [2.05, 4.69) is 35.9 Å². The lowest BCUT2D eigenvalue weighted by molar-refractivity contribution is -0.116. The first-order chi connectivity index (χ1) is 14.7. The molecule has 9 heteroatoms. The molecule has 30 heavy (non-hydrogen) atoms. The molecule has 0 bridgehead atoms. The highest BCUT2D eigenvalue weighted by molar-refractivity contribution is 5.91. The molecule has 0 aliphatic carbocycles. The van der Waals surface area contributed by atoms with Gasteiger partial charge in [-0.15, -0.1) is 0 Å². The molecule has 4 aromatic rings. The van der Waals surface area contributed by atoms with Crippen LogP contribution in [-0.4, -0.2) is 36.9 Å². The van der Waals surface area contributed by atoms with E-state index in [1.165, 1.54) is 6.33 Å². The van der Waals surface area contributed by atoms with Gasteiger partial charge in [-0.2, -0.15) is 10.2 Å². The van der Waals surface area contributed by atoms with Gasteiger partial charge in [0.2, 0.25) is 5.91 Å². The number of pyridine rings is 1. The van der Waals surface area contributed by atoms with Crippen molar-refractivity contribution in [3.8, 4) is 5.69 Å². The Morgan fingerprint density at radius 2 is 2.07 bits per heavy atom. The highest BCUT2D eigenvalue weighted by Crippen LogP contribution is 2.23. The van der Waals surface area contributed by atoms with Crippen LogP contribution in [0.2, 0.25) is 0 Å². The third kappa shape index (κ3) is 4.30. The fourth-order valence-corrected chi connectivity index (χ4v) is 2.91. The number of nitrogens with one attached hydrogen (secondary N) is 2. The number of hydrogen-bond donors (Lipinski definition) is 2. The van der Waals surface area contributed by atoms with Gasteiger partial charge in [-0.05, 0) is 42.3 Å². The van der Waals surface area contributed by atoms with Gasteiger partial charge in [0.25, 0.3) is 0 Å². The first-order valence-electron chi connectivity index (χ1n) is 9.52. The first-order valence-corrected chi connectivity index (χ1v) is 9.52. The van der Waals surface area contributed by atoms with E-state index in [0.717, 1.165) is 23.1 Å². The lowest BCUT2D eigenvalue weighted by atomic mass is 10.2. The predicted molar refractivity (Wildman–Crippen MR) is 116 cm³/mol. The normalized spacial score (nSPS) is 11.1. The number of carbonyl (C=O) groups is 1. The molecule has 3 heterocycles. The van der Waals surface area contributed by atoms with Crippen molar-refractivity contribution < 1.29 is 4.79 Å². The Labute approximate surface area is 172 Å². The fourth-order valence-electron chi connectivity index (χ4n) is 2.91. The Hall–Kier alpha value is -4.14. The standard InChI is InChI=1S/C21H20N8O/c1-2-4-19(30)27-16-5-3-6-17(11-16)29-21-18(13-26-29)20(23-14-24-21)28-25-12-15-7-9-22-10-8-15/h3,5-14H,2,4H2,1H3,(H,27,30)(H,23,24,28)/b25-12+. The van der Waals surface area contributed by atoms with Crippen LogP contribution >= 0.6 is 0 Å². The minimum atomic E-state index is -0.0131. The summed E-state index contributed by atoms with van der Waals surface area (Å²) in [6.45, 7) is 1.97. The summed E-state index contributed by atoms with van der Waals surface area (Å²) in [7, 11) is 0. The maximum Gasteiger partial charge on any atom is 0.224 e. The smallest absolute Gasteiger partial charge is 0.224 e. The quantitative estimate of drug-likeness (QED) is 0.363. The van der Waals surface area contributed by atoms with Crippen LogP contribution in [-0.2, 0) is 4.79 Å². The second-order valence-corrected chi connectivity index (χ2v) is 6.51. The first kappa shape index (κ1) is 19.2. The lowest BCUT2D eigenvalue weighted by Crippen LogP contribution is -2.11. The lowest BCUT2D eigenvalue weighted by Gasteiger charge is -2.08. The van der Waals surface area contributed by atoms with Crippen LogP contribution in [0, 0.1) is 0 Å². The molecule has 0 aliphatic heterocycles. The molecule has 0 radical (unpaired) electrons. The summed E-state index contributed by atoms with van der Waals surface area (Å²) in [5, 5.41) is 12.3. The molecule has 0 fully saturated rings. The zero-order valence-corrected chi connectivity index (χ0v) is 16.4. The van der Waals surface area contributed by atoms with Gasteiger partial charge in [-0.25, -0.2) is 14.6 Å². The summed E-state index contributed by atoms with van der Waals surface area (Å²) < 4.78 is 1.70. The molecule has 2 N–H and O–H groups in total. The highest BCUT2D eigenvalue weighted by atomic mass is 16.1. The van der Waals surface area contributed by atoms with E-state index in [1.54, 1.807) is 29.5 Å². The van der Waals surface area contributed by atoms with E-state index < -0.39 is 0 Å². The van der Waals surface area contributed by atoms with Crippen LogP contribution in [0.25, 0.3) is 16.7 Å². The highest BCUT2D eigenvalue weighted by Gasteiger charge is 2.11. The molecular weight excluding hydrogens is 380 g/mol. The van der Waals surface area contributed by atoms with E-state index in [9.17, 15) is 4.79 Å². The average Bonchev–Trinajstić information content (AvgIpc) is 3.20. The second-order valence-electron chi connectivity index (χ2n) is 6.51. The van der Waals surface area contributed by atoms with Gasteiger partial charge >= 0.3 is 0 Å². The monoisotopic (exact) mass is 400 g/mol. The zero-order valence-electron chi connectivity index (χ0n) is 16.4.